The second-order valence-corrected chi connectivity index (χ2v) is 4.01. The summed E-state index contributed by atoms with van der Waals surface area (Å²) in [5.74, 6) is 1.18. The standard InChI is InChI=1S/C10H17ClN4O/c1-6(4-5-16-3)13-10-8(12)9(11)14-7(2)15-10/h6H,4-5,12H2,1-3H3,(H,13,14,15). The summed E-state index contributed by atoms with van der Waals surface area (Å²) in [6, 6.07) is 0.215. The van der Waals surface area contributed by atoms with Crippen LogP contribution in [0.15, 0.2) is 0 Å². The Balaban J connectivity index is 2.72. The van der Waals surface area contributed by atoms with E-state index >= 15 is 0 Å². The number of rotatable bonds is 5. The molecular formula is C10H17ClN4O. The van der Waals surface area contributed by atoms with Gasteiger partial charge in [-0.2, -0.15) is 0 Å². The van der Waals surface area contributed by atoms with Gasteiger partial charge in [0.25, 0.3) is 0 Å². The quantitative estimate of drug-likeness (QED) is 0.774. The fourth-order valence-electron chi connectivity index (χ4n) is 1.26. The van der Waals surface area contributed by atoms with Crippen molar-refractivity contribution >= 4 is 23.1 Å². The lowest BCUT2D eigenvalue weighted by Gasteiger charge is -2.16. The summed E-state index contributed by atoms with van der Waals surface area (Å²) in [4.78, 5) is 8.18. The monoisotopic (exact) mass is 244 g/mol. The molecule has 5 nitrogen and oxygen atoms in total. The van der Waals surface area contributed by atoms with Gasteiger partial charge in [-0.05, 0) is 20.3 Å². The van der Waals surface area contributed by atoms with Crippen LogP contribution in [0.4, 0.5) is 11.5 Å². The van der Waals surface area contributed by atoms with Gasteiger partial charge in [0.15, 0.2) is 11.0 Å². The third kappa shape index (κ3) is 3.50. The van der Waals surface area contributed by atoms with Crippen LogP contribution in [0.25, 0.3) is 0 Å². The van der Waals surface area contributed by atoms with Crippen LogP contribution in [-0.2, 0) is 4.74 Å². The average molecular weight is 245 g/mol. The number of aromatic nitrogens is 2. The fraction of sp³-hybridized carbons (Fsp3) is 0.600. The molecule has 0 saturated carbocycles. The van der Waals surface area contributed by atoms with E-state index in [4.69, 9.17) is 22.1 Å². The van der Waals surface area contributed by atoms with Crippen LogP contribution in [0.2, 0.25) is 5.15 Å². The number of hydrogen-bond acceptors (Lipinski definition) is 5. The largest absolute Gasteiger partial charge is 0.393 e. The molecule has 0 spiro atoms. The van der Waals surface area contributed by atoms with E-state index in [2.05, 4.69) is 15.3 Å². The molecule has 0 aliphatic carbocycles. The number of halogens is 1. The molecule has 0 saturated heterocycles. The van der Waals surface area contributed by atoms with Crippen molar-refractivity contribution in [1.82, 2.24) is 9.97 Å². The van der Waals surface area contributed by atoms with Crippen LogP contribution in [0.5, 0.6) is 0 Å². The van der Waals surface area contributed by atoms with Gasteiger partial charge in [0.1, 0.15) is 11.5 Å². The van der Waals surface area contributed by atoms with E-state index in [1.807, 2.05) is 6.92 Å². The zero-order valence-corrected chi connectivity index (χ0v) is 10.5. The number of hydrogen-bond donors (Lipinski definition) is 2. The molecule has 0 aromatic carbocycles. The van der Waals surface area contributed by atoms with Crippen molar-refractivity contribution in [2.75, 3.05) is 24.8 Å². The van der Waals surface area contributed by atoms with Gasteiger partial charge in [0, 0.05) is 19.8 Å². The number of methoxy groups -OCH3 is 1. The summed E-state index contributed by atoms with van der Waals surface area (Å²) in [5.41, 5.74) is 6.16. The molecular weight excluding hydrogens is 228 g/mol. The first-order chi connectivity index (χ1) is 7.54. The van der Waals surface area contributed by atoms with Gasteiger partial charge in [0.05, 0.1) is 0 Å². The molecule has 0 aliphatic heterocycles. The molecule has 90 valence electrons. The first-order valence-electron chi connectivity index (χ1n) is 5.09. The van der Waals surface area contributed by atoms with Crippen LogP contribution in [0.3, 0.4) is 0 Å². The van der Waals surface area contributed by atoms with E-state index < -0.39 is 0 Å². The lowest BCUT2D eigenvalue weighted by atomic mass is 10.2. The Labute approximate surface area is 100 Å². The highest BCUT2D eigenvalue weighted by atomic mass is 35.5. The van der Waals surface area contributed by atoms with E-state index in [0.717, 1.165) is 6.42 Å². The third-order valence-electron chi connectivity index (χ3n) is 2.15. The van der Waals surface area contributed by atoms with Gasteiger partial charge in [-0.25, -0.2) is 9.97 Å². The number of aryl methyl sites for hydroxylation is 1. The van der Waals surface area contributed by atoms with Gasteiger partial charge >= 0.3 is 0 Å². The molecule has 0 amide bonds. The highest BCUT2D eigenvalue weighted by molar-refractivity contribution is 6.32. The van der Waals surface area contributed by atoms with Gasteiger partial charge < -0.3 is 15.8 Å². The van der Waals surface area contributed by atoms with Crippen molar-refractivity contribution in [3.63, 3.8) is 0 Å². The highest BCUT2D eigenvalue weighted by Gasteiger charge is 2.10. The Morgan fingerprint density at radius 1 is 1.50 bits per heavy atom. The predicted octanol–water partition coefficient (Wildman–Crippen LogP) is 1.86. The van der Waals surface area contributed by atoms with Gasteiger partial charge in [0.2, 0.25) is 0 Å². The Bertz CT molecular complexity index is 359. The summed E-state index contributed by atoms with van der Waals surface area (Å²) < 4.78 is 5.00. The van der Waals surface area contributed by atoms with E-state index in [9.17, 15) is 0 Å². The molecule has 0 bridgehead atoms. The molecule has 1 rings (SSSR count). The topological polar surface area (TPSA) is 73.1 Å². The Morgan fingerprint density at radius 3 is 2.81 bits per heavy atom. The zero-order chi connectivity index (χ0) is 12.1. The summed E-state index contributed by atoms with van der Waals surface area (Å²) in [5, 5.41) is 3.47. The third-order valence-corrected chi connectivity index (χ3v) is 2.44. The van der Waals surface area contributed by atoms with Gasteiger partial charge in [-0.3, -0.25) is 0 Å². The van der Waals surface area contributed by atoms with Gasteiger partial charge in [-0.1, -0.05) is 11.6 Å². The Kier molecular flexibility index (Phi) is 4.76. The zero-order valence-electron chi connectivity index (χ0n) is 9.75. The molecule has 16 heavy (non-hydrogen) atoms. The van der Waals surface area contributed by atoms with Crippen LogP contribution in [0, 0.1) is 6.92 Å². The fourth-order valence-corrected chi connectivity index (χ4v) is 1.47. The van der Waals surface area contributed by atoms with Crippen LogP contribution in [-0.4, -0.2) is 29.7 Å². The SMILES string of the molecule is COCCC(C)Nc1nc(C)nc(Cl)c1N. The summed E-state index contributed by atoms with van der Waals surface area (Å²) >= 11 is 5.87. The summed E-state index contributed by atoms with van der Waals surface area (Å²) in [7, 11) is 1.67. The van der Waals surface area contributed by atoms with Crippen LogP contribution >= 0.6 is 11.6 Å². The van der Waals surface area contributed by atoms with Crippen molar-refractivity contribution in [3.05, 3.63) is 11.0 Å². The number of nitrogens with zero attached hydrogens (tertiary/aromatic N) is 2. The number of nitrogen functional groups attached to an aromatic ring is 1. The maximum atomic E-state index is 5.87. The molecule has 1 atom stereocenters. The molecule has 3 N–H and O–H groups in total. The minimum atomic E-state index is 0.215. The van der Waals surface area contributed by atoms with Crippen molar-refractivity contribution < 1.29 is 4.74 Å². The van der Waals surface area contributed by atoms with Crippen molar-refractivity contribution in [2.24, 2.45) is 0 Å². The average Bonchev–Trinajstić information content (AvgIpc) is 2.22. The first-order valence-corrected chi connectivity index (χ1v) is 5.47. The molecule has 0 fully saturated rings. The molecule has 1 heterocycles. The maximum Gasteiger partial charge on any atom is 0.157 e. The molecule has 1 unspecified atom stereocenters. The summed E-state index contributed by atoms with van der Waals surface area (Å²) in [6.45, 7) is 4.49. The summed E-state index contributed by atoms with van der Waals surface area (Å²) in [6.07, 6.45) is 0.872. The lowest BCUT2D eigenvalue weighted by Crippen LogP contribution is -2.19. The van der Waals surface area contributed by atoms with E-state index in [1.54, 1.807) is 14.0 Å². The van der Waals surface area contributed by atoms with Crippen LogP contribution < -0.4 is 11.1 Å². The Morgan fingerprint density at radius 2 is 2.19 bits per heavy atom. The minimum Gasteiger partial charge on any atom is -0.393 e. The molecule has 0 aliphatic rings. The van der Waals surface area contributed by atoms with Crippen molar-refractivity contribution in [2.45, 2.75) is 26.3 Å². The number of anilines is 2. The minimum absolute atomic E-state index is 0.215. The molecule has 1 aromatic rings. The van der Waals surface area contributed by atoms with Crippen molar-refractivity contribution in [1.29, 1.82) is 0 Å². The smallest absolute Gasteiger partial charge is 0.157 e. The Hall–Kier alpha value is -1.07. The highest BCUT2D eigenvalue weighted by Crippen LogP contribution is 2.24. The maximum absolute atomic E-state index is 5.87. The predicted molar refractivity (Wildman–Crippen MR) is 65.8 cm³/mol. The van der Waals surface area contributed by atoms with Crippen molar-refractivity contribution in [3.8, 4) is 0 Å². The van der Waals surface area contributed by atoms with Crippen LogP contribution in [0.1, 0.15) is 19.2 Å². The number of nitrogens with two attached hydrogens (primary N) is 1. The van der Waals surface area contributed by atoms with E-state index in [1.165, 1.54) is 0 Å². The lowest BCUT2D eigenvalue weighted by molar-refractivity contribution is 0.191. The second kappa shape index (κ2) is 5.86. The molecule has 1 aromatic heterocycles. The normalized spacial score (nSPS) is 12.5. The first kappa shape index (κ1) is 13.0. The van der Waals surface area contributed by atoms with E-state index in [-0.39, 0.29) is 11.2 Å². The molecule has 6 heteroatoms. The number of ether oxygens (including phenoxy) is 1. The molecule has 0 radical (unpaired) electrons. The van der Waals surface area contributed by atoms with Gasteiger partial charge in [-0.15, -0.1) is 0 Å². The van der Waals surface area contributed by atoms with E-state index in [0.29, 0.717) is 23.9 Å². The second-order valence-electron chi connectivity index (χ2n) is 3.65. The number of nitrogens with one attached hydrogen (secondary N) is 1.